The second-order valence-corrected chi connectivity index (χ2v) is 4.62. The number of hydrogen-bond donors (Lipinski definition) is 3. The molecule has 3 N–H and O–H groups in total. The third kappa shape index (κ3) is 3.35. The first-order valence-electron chi connectivity index (χ1n) is 5.29. The van der Waals surface area contributed by atoms with Gasteiger partial charge >= 0.3 is 0 Å². The van der Waals surface area contributed by atoms with Crippen LogP contribution in [0, 0.1) is 0 Å². The largest absolute Gasteiger partial charge is 0.508 e. The number of phenols is 2. The van der Waals surface area contributed by atoms with Crippen molar-refractivity contribution in [1.82, 2.24) is 9.97 Å². The summed E-state index contributed by atoms with van der Waals surface area (Å²) in [5.74, 6) is -0.699. The van der Waals surface area contributed by atoms with E-state index in [1.54, 1.807) is 0 Å². The first kappa shape index (κ1) is 13.2. The molecule has 0 spiro atoms. The molecule has 7 heteroatoms. The molecule has 0 atom stereocenters. The Balaban J connectivity index is 2.07. The number of hydrogen-bond acceptors (Lipinski definition) is 6. The molecule has 0 saturated carbocycles. The number of rotatable bonds is 4. The van der Waals surface area contributed by atoms with E-state index >= 15 is 0 Å². The van der Waals surface area contributed by atoms with Crippen LogP contribution in [-0.4, -0.2) is 31.7 Å². The van der Waals surface area contributed by atoms with E-state index in [4.69, 9.17) is 5.11 Å². The predicted octanol–water partition coefficient (Wildman–Crippen LogP) is 1.16. The lowest BCUT2D eigenvalue weighted by atomic mass is 10.1. The number of nitrogens with one attached hydrogen (secondary N) is 1. The molecule has 0 aliphatic heterocycles. The van der Waals surface area contributed by atoms with E-state index in [1.807, 2.05) is 0 Å². The highest BCUT2D eigenvalue weighted by atomic mass is 32.2. The molecule has 1 aromatic carbocycles. The van der Waals surface area contributed by atoms with Crippen LogP contribution in [0.2, 0.25) is 0 Å². The Bertz CT molecular complexity index is 669. The number of aromatic amines is 1. The summed E-state index contributed by atoms with van der Waals surface area (Å²) < 4.78 is 0. The Morgan fingerprint density at radius 2 is 2.11 bits per heavy atom. The number of carbonyl (C=O) groups excluding carboxylic acids is 1. The van der Waals surface area contributed by atoms with E-state index in [9.17, 15) is 14.7 Å². The number of aromatic hydroxyl groups is 2. The molecule has 1 heterocycles. The summed E-state index contributed by atoms with van der Waals surface area (Å²) in [4.78, 5) is 29.3. The molecule has 0 bridgehead atoms. The minimum atomic E-state index is -0.325. The summed E-state index contributed by atoms with van der Waals surface area (Å²) in [5, 5.41) is 19.0. The molecule has 0 unspecified atom stereocenters. The topological polar surface area (TPSA) is 103 Å². The fraction of sp³-hybridized carbons (Fsp3) is 0.0833. The molecule has 19 heavy (non-hydrogen) atoms. The molecule has 6 nitrogen and oxygen atoms in total. The second kappa shape index (κ2) is 5.57. The number of phenolic OH excluding ortho intramolecular Hbond substituents is 2. The molecule has 2 aromatic rings. The standard InChI is InChI=1S/C12H10N2O4S/c15-7-1-2-8(9(16)5-7)10(17)6-19-12-13-4-3-11(18)14-12/h1-5,15-16H,6H2,(H,13,14,18). The van der Waals surface area contributed by atoms with Gasteiger partial charge in [-0.05, 0) is 12.1 Å². The maximum absolute atomic E-state index is 11.9. The molecule has 0 aliphatic carbocycles. The number of benzene rings is 1. The third-order valence-corrected chi connectivity index (χ3v) is 3.16. The van der Waals surface area contributed by atoms with Crippen molar-refractivity contribution in [1.29, 1.82) is 0 Å². The Morgan fingerprint density at radius 3 is 2.79 bits per heavy atom. The number of H-pyrrole nitrogens is 1. The zero-order valence-corrected chi connectivity index (χ0v) is 10.5. The monoisotopic (exact) mass is 278 g/mol. The van der Waals surface area contributed by atoms with Gasteiger partial charge in [0.05, 0.1) is 11.3 Å². The molecule has 0 radical (unpaired) electrons. The molecular formula is C12H10N2O4S. The van der Waals surface area contributed by atoms with Crippen LogP contribution in [0.15, 0.2) is 40.4 Å². The molecule has 1 aromatic heterocycles. The highest BCUT2D eigenvalue weighted by molar-refractivity contribution is 7.99. The van der Waals surface area contributed by atoms with E-state index in [2.05, 4.69) is 9.97 Å². The van der Waals surface area contributed by atoms with Gasteiger partial charge in [-0.15, -0.1) is 0 Å². The van der Waals surface area contributed by atoms with Crippen LogP contribution in [0.5, 0.6) is 11.5 Å². The van der Waals surface area contributed by atoms with Crippen LogP contribution in [0.25, 0.3) is 0 Å². The van der Waals surface area contributed by atoms with Gasteiger partial charge in [-0.3, -0.25) is 9.59 Å². The molecule has 0 aliphatic rings. The zero-order chi connectivity index (χ0) is 13.8. The van der Waals surface area contributed by atoms with E-state index in [-0.39, 0.29) is 34.2 Å². The van der Waals surface area contributed by atoms with E-state index in [1.165, 1.54) is 24.4 Å². The SMILES string of the molecule is O=C(CSc1nccc(=O)[nH]1)c1ccc(O)cc1O. The lowest BCUT2D eigenvalue weighted by Gasteiger charge is -2.03. The van der Waals surface area contributed by atoms with Crippen LogP contribution in [0.1, 0.15) is 10.4 Å². The van der Waals surface area contributed by atoms with E-state index in [0.29, 0.717) is 5.16 Å². The van der Waals surface area contributed by atoms with Crippen molar-refractivity contribution in [2.45, 2.75) is 5.16 Å². The quantitative estimate of drug-likeness (QED) is 0.440. The molecule has 0 amide bonds. The summed E-state index contributed by atoms with van der Waals surface area (Å²) in [7, 11) is 0. The second-order valence-electron chi connectivity index (χ2n) is 3.65. The van der Waals surface area contributed by atoms with Gasteiger partial charge in [-0.25, -0.2) is 4.98 Å². The van der Waals surface area contributed by atoms with Crippen molar-refractivity contribution in [3.63, 3.8) is 0 Å². The number of ketones is 1. The predicted molar refractivity (Wildman–Crippen MR) is 69.7 cm³/mol. The minimum absolute atomic E-state index is 0.0191. The van der Waals surface area contributed by atoms with Crippen molar-refractivity contribution < 1.29 is 15.0 Å². The smallest absolute Gasteiger partial charge is 0.251 e. The van der Waals surface area contributed by atoms with Crippen molar-refractivity contribution >= 4 is 17.5 Å². The van der Waals surface area contributed by atoms with Gasteiger partial charge in [0.2, 0.25) is 0 Å². The fourth-order valence-corrected chi connectivity index (χ4v) is 2.12. The van der Waals surface area contributed by atoms with Crippen LogP contribution >= 0.6 is 11.8 Å². The first-order chi connectivity index (χ1) is 9.06. The van der Waals surface area contributed by atoms with Gasteiger partial charge in [0, 0.05) is 18.3 Å². The van der Waals surface area contributed by atoms with Crippen LogP contribution in [0.3, 0.4) is 0 Å². The van der Waals surface area contributed by atoms with E-state index < -0.39 is 0 Å². The molecular weight excluding hydrogens is 268 g/mol. The summed E-state index contributed by atoms with van der Waals surface area (Å²) >= 11 is 1.06. The van der Waals surface area contributed by atoms with Gasteiger partial charge in [0.1, 0.15) is 11.5 Å². The molecule has 98 valence electrons. The normalized spacial score (nSPS) is 10.3. The first-order valence-corrected chi connectivity index (χ1v) is 6.28. The fourth-order valence-electron chi connectivity index (χ4n) is 1.39. The average molecular weight is 278 g/mol. The van der Waals surface area contributed by atoms with Crippen molar-refractivity contribution in [2.24, 2.45) is 0 Å². The average Bonchev–Trinajstić information content (AvgIpc) is 2.36. The van der Waals surface area contributed by atoms with Gasteiger partial charge in [0.15, 0.2) is 10.9 Å². The molecule has 0 fully saturated rings. The van der Waals surface area contributed by atoms with Gasteiger partial charge in [-0.2, -0.15) is 0 Å². The zero-order valence-electron chi connectivity index (χ0n) is 9.66. The van der Waals surface area contributed by atoms with Gasteiger partial charge < -0.3 is 15.2 Å². The summed E-state index contributed by atoms with van der Waals surface area (Å²) in [6, 6.07) is 5.03. The highest BCUT2D eigenvalue weighted by Gasteiger charge is 2.12. The number of aromatic nitrogens is 2. The maximum Gasteiger partial charge on any atom is 0.251 e. The lowest BCUT2D eigenvalue weighted by Crippen LogP contribution is -2.08. The molecule has 0 saturated heterocycles. The Labute approximate surface area is 112 Å². The maximum atomic E-state index is 11.9. The van der Waals surface area contributed by atoms with Gasteiger partial charge in [-0.1, -0.05) is 11.8 Å². The third-order valence-electron chi connectivity index (χ3n) is 2.27. The van der Waals surface area contributed by atoms with Crippen molar-refractivity contribution in [2.75, 3.05) is 5.75 Å². The van der Waals surface area contributed by atoms with E-state index in [0.717, 1.165) is 17.8 Å². The Morgan fingerprint density at radius 1 is 1.32 bits per heavy atom. The number of nitrogens with zero attached hydrogens (tertiary/aromatic N) is 1. The van der Waals surface area contributed by atoms with Crippen LogP contribution < -0.4 is 5.56 Å². The minimum Gasteiger partial charge on any atom is -0.508 e. The Kier molecular flexibility index (Phi) is 3.86. The van der Waals surface area contributed by atoms with Crippen LogP contribution in [-0.2, 0) is 0 Å². The Hall–Kier alpha value is -2.28. The summed E-state index contributed by atoms with van der Waals surface area (Å²) in [6.07, 6.45) is 1.35. The number of carbonyl (C=O) groups is 1. The van der Waals surface area contributed by atoms with Crippen molar-refractivity contribution in [3.05, 3.63) is 46.4 Å². The van der Waals surface area contributed by atoms with Crippen molar-refractivity contribution in [3.8, 4) is 11.5 Å². The summed E-state index contributed by atoms with van der Waals surface area (Å²) in [5.41, 5.74) is -0.180. The lowest BCUT2D eigenvalue weighted by molar-refractivity contribution is 0.102. The van der Waals surface area contributed by atoms with Gasteiger partial charge in [0.25, 0.3) is 5.56 Å². The number of Topliss-reactive ketones (excluding diaryl/α,β-unsaturated/α-hetero) is 1. The summed E-state index contributed by atoms with van der Waals surface area (Å²) in [6.45, 7) is 0. The molecule has 2 rings (SSSR count). The number of thioether (sulfide) groups is 1. The van der Waals surface area contributed by atoms with Crippen LogP contribution in [0.4, 0.5) is 0 Å². The highest BCUT2D eigenvalue weighted by Crippen LogP contribution is 2.24.